The van der Waals surface area contributed by atoms with Crippen LogP contribution in [0.3, 0.4) is 0 Å². The molecule has 0 atom stereocenters. The Balaban J connectivity index is 0.00000441. The van der Waals surface area contributed by atoms with Crippen molar-refractivity contribution in [3.63, 3.8) is 0 Å². The van der Waals surface area contributed by atoms with Crippen LogP contribution in [-0.2, 0) is 12.8 Å². The van der Waals surface area contributed by atoms with Crippen LogP contribution in [0.25, 0.3) is 0 Å². The van der Waals surface area contributed by atoms with E-state index in [-0.39, 0.29) is 29.5 Å². The third kappa shape index (κ3) is 9.58. The molecular weight excluding hydrogens is 409 g/mol. The summed E-state index contributed by atoms with van der Waals surface area (Å²) >= 11 is 1.79. The molecule has 5 nitrogen and oxygen atoms in total. The van der Waals surface area contributed by atoms with Crippen LogP contribution in [-0.4, -0.2) is 43.2 Å². The number of nitrogens with zero attached hydrogens (tertiary/aromatic N) is 2. The molecule has 22 heavy (non-hydrogen) atoms. The van der Waals surface area contributed by atoms with Gasteiger partial charge in [0.1, 0.15) is 0 Å². The predicted molar refractivity (Wildman–Crippen MR) is 108 cm³/mol. The van der Waals surface area contributed by atoms with Crippen LogP contribution in [0.15, 0.2) is 11.2 Å². The van der Waals surface area contributed by atoms with Gasteiger partial charge in [0.15, 0.2) is 5.96 Å². The average Bonchev–Trinajstić information content (AvgIpc) is 2.88. The Labute approximate surface area is 155 Å². The molecule has 0 aliphatic heterocycles. The zero-order chi connectivity index (χ0) is 15.7. The Hall–Kier alpha value is -0.410. The van der Waals surface area contributed by atoms with Crippen LogP contribution in [0, 0.1) is 0 Å². The van der Waals surface area contributed by atoms with E-state index >= 15 is 0 Å². The maximum absolute atomic E-state index is 4.42. The van der Waals surface area contributed by atoms with E-state index in [1.165, 1.54) is 9.88 Å². The van der Waals surface area contributed by atoms with E-state index in [9.17, 15) is 0 Å². The molecule has 0 bridgehead atoms. The molecular formula is C15H30IN5S. The molecule has 0 aliphatic carbocycles. The summed E-state index contributed by atoms with van der Waals surface area (Å²) in [5.74, 6) is 0.845. The Kier molecular flexibility index (Phi) is 11.0. The molecule has 0 unspecified atom stereocenters. The van der Waals surface area contributed by atoms with Gasteiger partial charge in [-0.2, -0.15) is 0 Å². The van der Waals surface area contributed by atoms with Crippen molar-refractivity contribution >= 4 is 41.3 Å². The van der Waals surface area contributed by atoms with E-state index < -0.39 is 0 Å². The Morgan fingerprint density at radius 1 is 1.23 bits per heavy atom. The molecule has 0 amide bonds. The second kappa shape index (κ2) is 11.2. The minimum atomic E-state index is 0. The van der Waals surface area contributed by atoms with E-state index in [0.29, 0.717) is 0 Å². The summed E-state index contributed by atoms with van der Waals surface area (Å²) in [5.41, 5.74) is 0.153. The maximum atomic E-state index is 4.42. The Bertz CT molecular complexity index is 439. The first kappa shape index (κ1) is 21.6. The van der Waals surface area contributed by atoms with E-state index in [4.69, 9.17) is 0 Å². The van der Waals surface area contributed by atoms with Crippen LogP contribution < -0.4 is 16.0 Å². The van der Waals surface area contributed by atoms with Gasteiger partial charge < -0.3 is 16.0 Å². The topological polar surface area (TPSA) is 61.3 Å². The minimum Gasteiger partial charge on any atom is -0.356 e. The summed E-state index contributed by atoms with van der Waals surface area (Å²) in [5, 5.41) is 11.2. The minimum absolute atomic E-state index is 0. The third-order valence-corrected chi connectivity index (χ3v) is 4.08. The highest BCUT2D eigenvalue weighted by molar-refractivity contribution is 14.0. The number of halogens is 1. The van der Waals surface area contributed by atoms with Crippen molar-refractivity contribution in [1.82, 2.24) is 20.9 Å². The summed E-state index contributed by atoms with van der Waals surface area (Å²) in [6, 6.07) is 0. The summed E-state index contributed by atoms with van der Waals surface area (Å²) in [4.78, 5) is 9.99. The van der Waals surface area contributed by atoms with Crippen molar-refractivity contribution in [3.8, 4) is 0 Å². The van der Waals surface area contributed by atoms with Crippen LogP contribution >= 0.6 is 35.3 Å². The zero-order valence-electron chi connectivity index (χ0n) is 14.3. The highest BCUT2D eigenvalue weighted by Gasteiger charge is 2.07. The molecule has 0 aromatic carbocycles. The van der Waals surface area contributed by atoms with Gasteiger partial charge in [-0.1, -0.05) is 6.92 Å². The third-order valence-electron chi connectivity index (χ3n) is 2.88. The van der Waals surface area contributed by atoms with E-state index in [1.807, 2.05) is 6.20 Å². The fourth-order valence-electron chi connectivity index (χ4n) is 1.75. The lowest BCUT2D eigenvalue weighted by molar-refractivity contribution is 0.428. The van der Waals surface area contributed by atoms with Gasteiger partial charge in [-0.15, -0.1) is 35.3 Å². The van der Waals surface area contributed by atoms with Crippen LogP contribution in [0.1, 0.15) is 37.6 Å². The summed E-state index contributed by atoms with van der Waals surface area (Å²) < 4.78 is 0. The summed E-state index contributed by atoms with van der Waals surface area (Å²) in [6.07, 6.45) is 3.98. The molecule has 0 saturated heterocycles. The standard InChI is InChI=1S/C15H29N5S.HI/c1-6-12-11-19-13(21-12)7-8-17-14(16-5)18-9-10-20-15(2,3)4;/h11,20H,6-10H2,1-5H3,(H2,16,17,18);1H. The first-order valence-electron chi connectivity index (χ1n) is 7.57. The first-order chi connectivity index (χ1) is 9.94. The number of guanidine groups is 1. The average molecular weight is 439 g/mol. The fraction of sp³-hybridized carbons (Fsp3) is 0.733. The van der Waals surface area contributed by atoms with Gasteiger partial charge in [0, 0.05) is 49.7 Å². The molecule has 0 radical (unpaired) electrons. The zero-order valence-corrected chi connectivity index (χ0v) is 17.5. The number of nitrogens with one attached hydrogen (secondary N) is 3. The number of aryl methyl sites for hydroxylation is 1. The highest BCUT2D eigenvalue weighted by atomic mass is 127. The molecule has 7 heteroatoms. The van der Waals surface area contributed by atoms with Crippen molar-refractivity contribution < 1.29 is 0 Å². The van der Waals surface area contributed by atoms with Crippen LogP contribution in [0.2, 0.25) is 0 Å². The lowest BCUT2D eigenvalue weighted by Gasteiger charge is -2.21. The van der Waals surface area contributed by atoms with E-state index in [1.54, 1.807) is 18.4 Å². The molecule has 128 valence electrons. The van der Waals surface area contributed by atoms with Crippen molar-refractivity contribution in [2.45, 2.75) is 46.1 Å². The number of hydrogen-bond acceptors (Lipinski definition) is 4. The number of aliphatic imine (C=N–C) groups is 1. The molecule has 1 rings (SSSR count). The highest BCUT2D eigenvalue weighted by Crippen LogP contribution is 2.13. The van der Waals surface area contributed by atoms with Gasteiger partial charge in [0.05, 0.1) is 5.01 Å². The van der Waals surface area contributed by atoms with E-state index in [2.05, 4.69) is 53.6 Å². The van der Waals surface area contributed by atoms with Gasteiger partial charge in [0.25, 0.3) is 0 Å². The first-order valence-corrected chi connectivity index (χ1v) is 8.39. The molecule has 0 fully saturated rings. The number of thiazole rings is 1. The lowest BCUT2D eigenvalue weighted by atomic mass is 10.1. The number of aromatic nitrogens is 1. The van der Waals surface area contributed by atoms with Gasteiger partial charge >= 0.3 is 0 Å². The summed E-state index contributed by atoms with van der Waals surface area (Å²) in [7, 11) is 1.80. The molecule has 1 aromatic heterocycles. The molecule has 0 aliphatic rings. The molecule has 0 saturated carbocycles. The Morgan fingerprint density at radius 3 is 2.45 bits per heavy atom. The molecule has 3 N–H and O–H groups in total. The quantitative estimate of drug-likeness (QED) is 0.264. The van der Waals surface area contributed by atoms with Gasteiger partial charge in [0.2, 0.25) is 0 Å². The smallest absolute Gasteiger partial charge is 0.191 e. The number of rotatable bonds is 7. The summed E-state index contributed by atoms with van der Waals surface area (Å²) in [6.45, 7) is 11.3. The van der Waals surface area contributed by atoms with Crippen LogP contribution in [0.4, 0.5) is 0 Å². The molecule has 1 heterocycles. The molecule has 0 spiro atoms. The van der Waals surface area contributed by atoms with Crippen molar-refractivity contribution in [2.24, 2.45) is 4.99 Å². The van der Waals surface area contributed by atoms with E-state index in [0.717, 1.165) is 38.4 Å². The largest absolute Gasteiger partial charge is 0.356 e. The predicted octanol–water partition coefficient (Wildman–Crippen LogP) is 2.42. The lowest BCUT2D eigenvalue weighted by Crippen LogP contribution is -2.44. The van der Waals surface area contributed by atoms with Gasteiger partial charge in [-0.05, 0) is 27.2 Å². The van der Waals surface area contributed by atoms with Gasteiger partial charge in [-0.3, -0.25) is 4.99 Å². The Morgan fingerprint density at radius 2 is 1.91 bits per heavy atom. The second-order valence-electron chi connectivity index (χ2n) is 5.93. The van der Waals surface area contributed by atoms with Crippen molar-refractivity contribution in [1.29, 1.82) is 0 Å². The maximum Gasteiger partial charge on any atom is 0.191 e. The SMILES string of the molecule is CCc1cnc(CCNC(=NC)NCCNC(C)(C)C)s1.I. The fourth-order valence-corrected chi connectivity index (χ4v) is 2.62. The van der Waals surface area contributed by atoms with Crippen LogP contribution in [0.5, 0.6) is 0 Å². The normalized spacial score (nSPS) is 12.0. The van der Waals surface area contributed by atoms with Gasteiger partial charge in [-0.25, -0.2) is 4.98 Å². The second-order valence-corrected chi connectivity index (χ2v) is 7.13. The van der Waals surface area contributed by atoms with Crippen molar-refractivity contribution in [2.75, 3.05) is 26.7 Å². The number of hydrogen-bond donors (Lipinski definition) is 3. The monoisotopic (exact) mass is 439 g/mol. The molecule has 1 aromatic rings. The van der Waals surface area contributed by atoms with Crippen molar-refractivity contribution in [3.05, 3.63) is 16.1 Å².